The molecule has 0 aliphatic carbocycles. The van der Waals surface area contributed by atoms with Gasteiger partial charge in [0.25, 0.3) is 5.69 Å². The molecule has 0 aliphatic heterocycles. The van der Waals surface area contributed by atoms with Crippen LogP contribution in [0.3, 0.4) is 0 Å². The van der Waals surface area contributed by atoms with Crippen molar-refractivity contribution in [3.63, 3.8) is 0 Å². The molecule has 0 spiro atoms. The largest absolute Gasteiger partial charge is 0.491 e. The minimum absolute atomic E-state index is 0.0740. The Morgan fingerprint density at radius 3 is 2.73 bits per heavy atom. The number of hydrogen-bond donors (Lipinski definition) is 0. The Morgan fingerprint density at radius 2 is 2.13 bits per heavy atom. The fourth-order valence-electron chi connectivity index (χ4n) is 1.19. The van der Waals surface area contributed by atoms with Crippen LogP contribution in [0.4, 0.5) is 5.69 Å². The third-order valence-corrected chi connectivity index (χ3v) is 2.00. The highest BCUT2D eigenvalue weighted by molar-refractivity contribution is 5.48. The van der Waals surface area contributed by atoms with Crippen LogP contribution in [0, 0.1) is 17.0 Å². The van der Waals surface area contributed by atoms with Crippen LogP contribution in [0.15, 0.2) is 18.2 Å². The third kappa shape index (κ3) is 2.92. The molecule has 15 heavy (non-hydrogen) atoms. The first-order valence-electron chi connectivity index (χ1n) is 4.52. The minimum Gasteiger partial charge on any atom is -0.491 e. The lowest BCUT2D eigenvalue weighted by molar-refractivity contribution is -0.385. The Labute approximate surface area is 87.8 Å². The first-order chi connectivity index (χ1) is 7.16. The minimum atomic E-state index is -0.418. The number of nitro groups is 1. The van der Waals surface area contributed by atoms with E-state index in [9.17, 15) is 10.1 Å². The van der Waals surface area contributed by atoms with Crippen molar-refractivity contribution in [2.75, 3.05) is 20.3 Å². The summed E-state index contributed by atoms with van der Waals surface area (Å²) in [5, 5.41) is 10.6. The standard InChI is InChI=1S/C10H13NO4/c1-8-9(11(12)13)4-3-5-10(8)15-7-6-14-2/h3-5H,6-7H2,1-2H3. The van der Waals surface area contributed by atoms with Gasteiger partial charge < -0.3 is 9.47 Å². The van der Waals surface area contributed by atoms with Crippen molar-refractivity contribution in [3.8, 4) is 5.75 Å². The Balaban J connectivity index is 2.80. The van der Waals surface area contributed by atoms with Crippen molar-refractivity contribution in [1.82, 2.24) is 0 Å². The molecular formula is C10H13NO4. The molecule has 0 saturated carbocycles. The molecule has 0 aliphatic rings. The van der Waals surface area contributed by atoms with E-state index in [-0.39, 0.29) is 5.69 Å². The predicted octanol–water partition coefficient (Wildman–Crippen LogP) is 1.93. The van der Waals surface area contributed by atoms with Crippen molar-refractivity contribution in [3.05, 3.63) is 33.9 Å². The highest BCUT2D eigenvalue weighted by Gasteiger charge is 2.13. The molecule has 5 heteroatoms. The van der Waals surface area contributed by atoms with Crippen molar-refractivity contribution >= 4 is 5.69 Å². The molecular weight excluding hydrogens is 198 g/mol. The van der Waals surface area contributed by atoms with Gasteiger partial charge in [0, 0.05) is 13.2 Å². The van der Waals surface area contributed by atoms with Crippen LogP contribution in [0.1, 0.15) is 5.56 Å². The summed E-state index contributed by atoms with van der Waals surface area (Å²) in [6.45, 7) is 2.51. The summed E-state index contributed by atoms with van der Waals surface area (Å²) in [6.07, 6.45) is 0. The van der Waals surface area contributed by atoms with E-state index in [4.69, 9.17) is 9.47 Å². The van der Waals surface area contributed by atoms with Crippen LogP contribution >= 0.6 is 0 Å². The van der Waals surface area contributed by atoms with Crippen LogP contribution < -0.4 is 4.74 Å². The average Bonchev–Trinajstić information content (AvgIpc) is 2.20. The molecule has 0 saturated heterocycles. The molecule has 0 atom stereocenters. The van der Waals surface area contributed by atoms with Crippen molar-refractivity contribution in [2.45, 2.75) is 6.92 Å². The molecule has 0 radical (unpaired) electrons. The second-order valence-electron chi connectivity index (χ2n) is 3.00. The lowest BCUT2D eigenvalue weighted by Gasteiger charge is -2.08. The highest BCUT2D eigenvalue weighted by atomic mass is 16.6. The second-order valence-corrected chi connectivity index (χ2v) is 3.00. The quantitative estimate of drug-likeness (QED) is 0.424. The second kappa shape index (κ2) is 5.31. The van der Waals surface area contributed by atoms with E-state index in [1.165, 1.54) is 6.07 Å². The normalized spacial score (nSPS) is 10.0. The predicted molar refractivity (Wildman–Crippen MR) is 55.2 cm³/mol. The van der Waals surface area contributed by atoms with Crippen molar-refractivity contribution in [1.29, 1.82) is 0 Å². The Kier molecular flexibility index (Phi) is 4.05. The summed E-state index contributed by atoms with van der Waals surface area (Å²) >= 11 is 0. The topological polar surface area (TPSA) is 61.6 Å². The average molecular weight is 211 g/mol. The number of hydrogen-bond acceptors (Lipinski definition) is 4. The van der Waals surface area contributed by atoms with Crippen LogP contribution in [-0.4, -0.2) is 25.2 Å². The van der Waals surface area contributed by atoms with E-state index in [1.807, 2.05) is 0 Å². The lowest BCUT2D eigenvalue weighted by atomic mass is 10.2. The van der Waals surface area contributed by atoms with Gasteiger partial charge in [-0.1, -0.05) is 6.07 Å². The number of nitrogens with zero attached hydrogens (tertiary/aromatic N) is 1. The van der Waals surface area contributed by atoms with Crippen LogP contribution in [0.2, 0.25) is 0 Å². The van der Waals surface area contributed by atoms with Crippen molar-refractivity contribution < 1.29 is 14.4 Å². The fraction of sp³-hybridized carbons (Fsp3) is 0.400. The SMILES string of the molecule is COCCOc1cccc([N+](=O)[O-])c1C. The molecule has 1 aromatic rings. The molecule has 1 rings (SSSR count). The molecule has 0 aromatic heterocycles. The third-order valence-electron chi connectivity index (χ3n) is 2.00. The Morgan fingerprint density at radius 1 is 1.40 bits per heavy atom. The van der Waals surface area contributed by atoms with E-state index in [2.05, 4.69) is 0 Å². The van der Waals surface area contributed by atoms with Gasteiger partial charge in [-0.2, -0.15) is 0 Å². The zero-order valence-electron chi connectivity index (χ0n) is 8.73. The monoisotopic (exact) mass is 211 g/mol. The molecule has 5 nitrogen and oxygen atoms in total. The summed E-state index contributed by atoms with van der Waals surface area (Å²) in [7, 11) is 1.57. The van der Waals surface area contributed by atoms with Gasteiger partial charge in [0.1, 0.15) is 12.4 Å². The van der Waals surface area contributed by atoms with Gasteiger partial charge in [-0.05, 0) is 13.0 Å². The van der Waals surface area contributed by atoms with E-state index < -0.39 is 4.92 Å². The van der Waals surface area contributed by atoms with Gasteiger partial charge in [0.05, 0.1) is 17.1 Å². The molecule has 0 fully saturated rings. The lowest BCUT2D eigenvalue weighted by Crippen LogP contribution is -2.05. The highest BCUT2D eigenvalue weighted by Crippen LogP contribution is 2.26. The number of nitro benzene ring substituents is 1. The summed E-state index contributed by atoms with van der Waals surface area (Å²) in [5.41, 5.74) is 0.614. The zero-order valence-corrected chi connectivity index (χ0v) is 8.73. The maximum Gasteiger partial charge on any atom is 0.276 e. The molecule has 0 unspecified atom stereocenters. The molecule has 0 N–H and O–H groups in total. The van der Waals surface area contributed by atoms with E-state index >= 15 is 0 Å². The van der Waals surface area contributed by atoms with Gasteiger partial charge in [-0.3, -0.25) is 10.1 Å². The van der Waals surface area contributed by atoms with Crippen molar-refractivity contribution in [2.24, 2.45) is 0 Å². The number of benzene rings is 1. The van der Waals surface area contributed by atoms with Gasteiger partial charge >= 0.3 is 0 Å². The Hall–Kier alpha value is -1.62. The number of methoxy groups -OCH3 is 1. The number of ether oxygens (including phenoxy) is 2. The van der Waals surface area contributed by atoms with Gasteiger partial charge in [0.15, 0.2) is 0 Å². The fourth-order valence-corrected chi connectivity index (χ4v) is 1.19. The van der Waals surface area contributed by atoms with E-state index in [1.54, 1.807) is 26.2 Å². The van der Waals surface area contributed by atoms with E-state index in [0.717, 1.165) is 0 Å². The maximum atomic E-state index is 10.6. The molecule has 0 bridgehead atoms. The molecule has 0 heterocycles. The maximum absolute atomic E-state index is 10.6. The smallest absolute Gasteiger partial charge is 0.276 e. The summed E-state index contributed by atoms with van der Waals surface area (Å²) in [4.78, 5) is 10.2. The van der Waals surface area contributed by atoms with Crippen LogP contribution in [-0.2, 0) is 4.74 Å². The summed E-state index contributed by atoms with van der Waals surface area (Å²) in [6, 6.07) is 4.77. The molecule has 0 amide bonds. The zero-order chi connectivity index (χ0) is 11.3. The van der Waals surface area contributed by atoms with Crippen LogP contribution in [0.5, 0.6) is 5.75 Å². The Bertz CT molecular complexity index is 351. The van der Waals surface area contributed by atoms with Gasteiger partial charge in [0.2, 0.25) is 0 Å². The first-order valence-corrected chi connectivity index (χ1v) is 4.52. The number of rotatable bonds is 5. The molecule has 82 valence electrons. The van der Waals surface area contributed by atoms with E-state index in [0.29, 0.717) is 24.5 Å². The first kappa shape index (κ1) is 11.5. The summed E-state index contributed by atoms with van der Waals surface area (Å²) in [5.74, 6) is 0.529. The van der Waals surface area contributed by atoms with Gasteiger partial charge in [-0.15, -0.1) is 0 Å². The summed E-state index contributed by atoms with van der Waals surface area (Å²) < 4.78 is 10.2. The molecule has 1 aromatic carbocycles. The van der Waals surface area contributed by atoms with Gasteiger partial charge in [-0.25, -0.2) is 0 Å². The van der Waals surface area contributed by atoms with Crippen LogP contribution in [0.25, 0.3) is 0 Å².